The first-order valence-corrected chi connectivity index (χ1v) is 7.33. The molecule has 2 amide bonds. The molecule has 1 aliphatic carbocycles. The Balaban J connectivity index is 2.46. The van der Waals surface area contributed by atoms with E-state index in [1.807, 2.05) is 6.92 Å². The first kappa shape index (κ1) is 17.3. The maximum absolute atomic E-state index is 12.2. The molecule has 7 nitrogen and oxygen atoms in total. The molecule has 1 fully saturated rings. The number of rotatable bonds is 6. The van der Waals surface area contributed by atoms with E-state index in [0.29, 0.717) is 32.2 Å². The van der Waals surface area contributed by atoms with Crippen LogP contribution in [0.1, 0.15) is 39.0 Å². The van der Waals surface area contributed by atoms with Gasteiger partial charge in [-0.3, -0.25) is 9.59 Å². The Morgan fingerprint density at radius 3 is 2.33 bits per heavy atom. The third kappa shape index (κ3) is 5.61. The molecule has 0 unspecified atom stereocenters. The quantitative estimate of drug-likeness (QED) is 0.719. The predicted molar refractivity (Wildman–Crippen MR) is 75.8 cm³/mol. The molecule has 0 heterocycles. The molecule has 2 N–H and O–H groups in total. The minimum absolute atomic E-state index is 0.0231. The average Bonchev–Trinajstić information content (AvgIpc) is 2.47. The topological polar surface area (TPSA) is 95.9 Å². The molecule has 0 aromatic carbocycles. The maximum Gasteiger partial charge on any atom is 0.325 e. The van der Waals surface area contributed by atoms with Gasteiger partial charge in [-0.05, 0) is 32.1 Å². The molecule has 0 aliphatic heterocycles. The Morgan fingerprint density at radius 1 is 1.24 bits per heavy atom. The number of nitrogens with one attached hydrogen (secondary N) is 1. The highest BCUT2D eigenvalue weighted by molar-refractivity contribution is 5.81. The van der Waals surface area contributed by atoms with Crippen molar-refractivity contribution in [2.75, 3.05) is 20.2 Å². The summed E-state index contributed by atoms with van der Waals surface area (Å²) in [6.07, 6.45) is 3.20. The number of carboxylic acid groups (broad SMARTS) is 1. The molecule has 1 saturated carbocycles. The third-order valence-corrected chi connectivity index (χ3v) is 3.73. The molecule has 0 bridgehead atoms. The number of urea groups is 1. The Kier molecular flexibility index (Phi) is 6.98. The lowest BCUT2D eigenvalue weighted by Gasteiger charge is -2.29. The zero-order valence-electron chi connectivity index (χ0n) is 12.6. The molecular formula is C14H24N2O5. The third-order valence-electron chi connectivity index (χ3n) is 3.73. The van der Waals surface area contributed by atoms with E-state index in [2.05, 4.69) is 10.1 Å². The van der Waals surface area contributed by atoms with Gasteiger partial charge in [0.1, 0.15) is 6.54 Å². The summed E-state index contributed by atoms with van der Waals surface area (Å²) in [5, 5.41) is 11.8. The number of nitrogens with zero attached hydrogens (tertiary/aromatic N) is 1. The van der Waals surface area contributed by atoms with Crippen LogP contribution in [0.2, 0.25) is 0 Å². The first-order valence-electron chi connectivity index (χ1n) is 7.33. The fourth-order valence-corrected chi connectivity index (χ4v) is 2.49. The van der Waals surface area contributed by atoms with Gasteiger partial charge in [-0.1, -0.05) is 6.92 Å². The molecule has 0 atom stereocenters. The van der Waals surface area contributed by atoms with E-state index in [4.69, 9.17) is 5.11 Å². The molecule has 1 rings (SSSR count). The number of carbonyl (C=O) groups is 3. The molecule has 120 valence electrons. The number of carboxylic acids is 1. The minimum Gasteiger partial charge on any atom is -0.481 e. The van der Waals surface area contributed by atoms with E-state index in [0.717, 1.165) is 6.42 Å². The lowest BCUT2D eigenvalue weighted by Crippen LogP contribution is -2.48. The zero-order chi connectivity index (χ0) is 15.8. The Morgan fingerprint density at radius 2 is 1.86 bits per heavy atom. The number of hydrogen-bond acceptors (Lipinski definition) is 4. The fourth-order valence-electron chi connectivity index (χ4n) is 2.49. The van der Waals surface area contributed by atoms with Crippen LogP contribution in [0, 0.1) is 5.92 Å². The number of aliphatic carboxylic acids is 1. The van der Waals surface area contributed by atoms with E-state index in [1.165, 1.54) is 12.0 Å². The highest BCUT2D eigenvalue weighted by Gasteiger charge is 2.28. The predicted octanol–water partition coefficient (Wildman–Crippen LogP) is 1.22. The van der Waals surface area contributed by atoms with E-state index in [-0.39, 0.29) is 24.5 Å². The van der Waals surface area contributed by atoms with Gasteiger partial charge in [0, 0.05) is 12.6 Å². The molecular weight excluding hydrogens is 276 g/mol. The number of carbonyl (C=O) groups excluding carboxylic acids is 2. The second kappa shape index (κ2) is 8.49. The van der Waals surface area contributed by atoms with Crippen molar-refractivity contribution < 1.29 is 24.2 Å². The first-order chi connectivity index (χ1) is 9.97. The van der Waals surface area contributed by atoms with Gasteiger partial charge >= 0.3 is 18.0 Å². The van der Waals surface area contributed by atoms with Crippen LogP contribution < -0.4 is 5.32 Å². The lowest BCUT2D eigenvalue weighted by atomic mass is 9.86. The van der Waals surface area contributed by atoms with Crippen LogP contribution >= 0.6 is 0 Å². The average molecular weight is 300 g/mol. The molecule has 0 spiro atoms. The van der Waals surface area contributed by atoms with Gasteiger partial charge in [0.05, 0.1) is 13.0 Å². The van der Waals surface area contributed by atoms with Crippen LogP contribution in [0.4, 0.5) is 4.79 Å². The second-order valence-corrected chi connectivity index (χ2v) is 5.33. The van der Waals surface area contributed by atoms with Crippen LogP contribution in [0.5, 0.6) is 0 Å². The molecule has 0 saturated heterocycles. The van der Waals surface area contributed by atoms with Crippen molar-refractivity contribution in [3.05, 3.63) is 0 Å². The summed E-state index contributed by atoms with van der Waals surface area (Å²) in [4.78, 5) is 35.8. The summed E-state index contributed by atoms with van der Waals surface area (Å²) in [5.41, 5.74) is 0. The molecule has 0 aromatic rings. The van der Waals surface area contributed by atoms with Crippen molar-refractivity contribution >= 4 is 18.0 Å². The maximum atomic E-state index is 12.2. The highest BCUT2D eigenvalue weighted by atomic mass is 16.5. The molecule has 1 aliphatic rings. The SMILES string of the molecule is CCCN(CC(=O)OC)C(=O)NC1CCC(C(=O)O)CC1. The second-order valence-electron chi connectivity index (χ2n) is 5.33. The van der Waals surface area contributed by atoms with Gasteiger partial charge < -0.3 is 20.1 Å². The van der Waals surface area contributed by atoms with E-state index in [1.54, 1.807) is 0 Å². The number of amides is 2. The normalized spacial score (nSPS) is 21.4. The van der Waals surface area contributed by atoms with Crippen molar-refractivity contribution in [2.24, 2.45) is 5.92 Å². The molecule has 0 radical (unpaired) electrons. The number of esters is 1. The standard InChI is InChI=1S/C14H24N2O5/c1-3-8-16(9-12(17)21-2)14(20)15-11-6-4-10(5-7-11)13(18)19/h10-11H,3-9H2,1-2H3,(H,15,20)(H,18,19). The summed E-state index contributed by atoms with van der Waals surface area (Å²) in [6.45, 7) is 2.33. The van der Waals surface area contributed by atoms with Crippen molar-refractivity contribution in [1.82, 2.24) is 10.2 Å². The minimum atomic E-state index is -0.766. The smallest absolute Gasteiger partial charge is 0.325 e. The van der Waals surface area contributed by atoms with E-state index in [9.17, 15) is 14.4 Å². The fraction of sp³-hybridized carbons (Fsp3) is 0.786. The monoisotopic (exact) mass is 300 g/mol. The van der Waals surface area contributed by atoms with Gasteiger partial charge in [-0.25, -0.2) is 4.79 Å². The Labute approximate surface area is 124 Å². The van der Waals surface area contributed by atoms with Crippen molar-refractivity contribution in [1.29, 1.82) is 0 Å². The van der Waals surface area contributed by atoms with Crippen LogP contribution in [0.15, 0.2) is 0 Å². The van der Waals surface area contributed by atoms with E-state index >= 15 is 0 Å². The molecule has 21 heavy (non-hydrogen) atoms. The van der Waals surface area contributed by atoms with Gasteiger partial charge in [0.25, 0.3) is 0 Å². The van der Waals surface area contributed by atoms with Gasteiger partial charge in [-0.15, -0.1) is 0 Å². The van der Waals surface area contributed by atoms with Gasteiger partial charge in [0.15, 0.2) is 0 Å². The number of ether oxygens (including phenoxy) is 1. The number of methoxy groups -OCH3 is 1. The van der Waals surface area contributed by atoms with Gasteiger partial charge in [0.2, 0.25) is 0 Å². The van der Waals surface area contributed by atoms with Crippen molar-refractivity contribution in [2.45, 2.75) is 45.1 Å². The largest absolute Gasteiger partial charge is 0.481 e. The van der Waals surface area contributed by atoms with Crippen LogP contribution in [0.3, 0.4) is 0 Å². The number of hydrogen-bond donors (Lipinski definition) is 2. The van der Waals surface area contributed by atoms with Crippen LogP contribution in [-0.2, 0) is 14.3 Å². The lowest BCUT2D eigenvalue weighted by molar-refractivity contribution is -0.143. The summed E-state index contributed by atoms with van der Waals surface area (Å²) >= 11 is 0. The van der Waals surface area contributed by atoms with Crippen LogP contribution in [-0.4, -0.2) is 54.2 Å². The van der Waals surface area contributed by atoms with Crippen LogP contribution in [0.25, 0.3) is 0 Å². The zero-order valence-corrected chi connectivity index (χ0v) is 12.6. The van der Waals surface area contributed by atoms with Crippen molar-refractivity contribution in [3.63, 3.8) is 0 Å². The highest BCUT2D eigenvalue weighted by Crippen LogP contribution is 2.24. The van der Waals surface area contributed by atoms with Gasteiger partial charge in [-0.2, -0.15) is 0 Å². The molecule has 7 heteroatoms. The van der Waals surface area contributed by atoms with Crippen molar-refractivity contribution in [3.8, 4) is 0 Å². The summed E-state index contributed by atoms with van der Waals surface area (Å²) < 4.78 is 4.58. The Hall–Kier alpha value is -1.79. The Bertz CT molecular complexity index is 378. The summed E-state index contributed by atoms with van der Waals surface area (Å²) in [5.74, 6) is -1.52. The summed E-state index contributed by atoms with van der Waals surface area (Å²) in [6, 6.07) is -0.314. The van der Waals surface area contributed by atoms with E-state index < -0.39 is 11.9 Å². The molecule has 0 aromatic heterocycles. The summed E-state index contributed by atoms with van der Waals surface area (Å²) in [7, 11) is 1.29.